The van der Waals surface area contributed by atoms with Crippen molar-refractivity contribution >= 4 is 17.4 Å². The molecule has 0 bridgehead atoms. The second-order valence-corrected chi connectivity index (χ2v) is 7.36. The molecular formula is C22H24FN5O. The highest BCUT2D eigenvalue weighted by atomic mass is 19.1. The Kier molecular flexibility index (Phi) is 5.55. The van der Waals surface area contributed by atoms with Gasteiger partial charge in [0.1, 0.15) is 11.6 Å². The molecule has 0 unspecified atom stereocenters. The van der Waals surface area contributed by atoms with Crippen molar-refractivity contribution < 1.29 is 9.18 Å². The number of carbonyl (C=O) groups is 1. The van der Waals surface area contributed by atoms with Crippen LogP contribution >= 0.6 is 0 Å². The minimum absolute atomic E-state index is 0.260. The van der Waals surface area contributed by atoms with Gasteiger partial charge in [-0.15, -0.1) is 10.2 Å². The van der Waals surface area contributed by atoms with E-state index in [4.69, 9.17) is 0 Å². The lowest BCUT2D eigenvalue weighted by atomic mass is 10.2. The van der Waals surface area contributed by atoms with E-state index in [9.17, 15) is 9.18 Å². The molecule has 1 aliphatic rings. The molecular weight excluding hydrogens is 369 g/mol. The zero-order chi connectivity index (χ0) is 20.2. The standard InChI is InChI=1S/C22H24FN5O/c1-16-6-5-7-18(14-16)24-22(29)28(19-11-9-17(23)10-12-19)15-21-26-25-20-8-3-2-4-13-27(20)21/h5-7,9-12,14H,2-4,8,13,15H2,1H3,(H,24,29). The third-order valence-corrected chi connectivity index (χ3v) is 5.14. The van der Waals surface area contributed by atoms with Gasteiger partial charge in [-0.1, -0.05) is 18.6 Å². The average Bonchev–Trinajstić information content (AvgIpc) is 2.93. The summed E-state index contributed by atoms with van der Waals surface area (Å²) in [5.41, 5.74) is 2.36. The number of fused-ring (bicyclic) bond motifs is 1. The Balaban J connectivity index is 1.63. The van der Waals surface area contributed by atoms with Crippen LogP contribution in [-0.4, -0.2) is 20.8 Å². The number of amides is 2. The number of hydrogen-bond donors (Lipinski definition) is 1. The number of anilines is 2. The van der Waals surface area contributed by atoms with Crippen molar-refractivity contribution in [1.82, 2.24) is 14.8 Å². The first-order valence-electron chi connectivity index (χ1n) is 9.92. The van der Waals surface area contributed by atoms with Gasteiger partial charge in [-0.05, 0) is 61.7 Å². The average molecular weight is 393 g/mol. The van der Waals surface area contributed by atoms with Gasteiger partial charge in [0.15, 0.2) is 5.82 Å². The van der Waals surface area contributed by atoms with Crippen LogP contribution in [0.4, 0.5) is 20.6 Å². The molecule has 150 valence electrons. The highest BCUT2D eigenvalue weighted by Gasteiger charge is 2.22. The van der Waals surface area contributed by atoms with Crippen LogP contribution in [0.5, 0.6) is 0 Å². The number of carbonyl (C=O) groups excluding carboxylic acids is 1. The molecule has 0 fully saturated rings. The van der Waals surface area contributed by atoms with Gasteiger partial charge in [-0.3, -0.25) is 4.90 Å². The summed E-state index contributed by atoms with van der Waals surface area (Å²) in [6, 6.07) is 13.2. The third kappa shape index (κ3) is 4.45. The Hall–Kier alpha value is -3.22. The van der Waals surface area contributed by atoms with Gasteiger partial charge in [0.25, 0.3) is 0 Å². The Morgan fingerprint density at radius 1 is 1.14 bits per heavy atom. The SMILES string of the molecule is Cc1cccc(NC(=O)N(Cc2nnc3n2CCCCC3)c2ccc(F)cc2)c1. The van der Waals surface area contributed by atoms with Gasteiger partial charge < -0.3 is 9.88 Å². The zero-order valence-electron chi connectivity index (χ0n) is 16.4. The summed E-state index contributed by atoms with van der Waals surface area (Å²) in [6.45, 7) is 3.09. The molecule has 1 N–H and O–H groups in total. The Labute approximate surface area is 169 Å². The van der Waals surface area contributed by atoms with Gasteiger partial charge in [0, 0.05) is 24.3 Å². The number of aryl methyl sites for hydroxylation is 2. The lowest BCUT2D eigenvalue weighted by molar-refractivity contribution is 0.256. The molecule has 2 heterocycles. The molecule has 3 aromatic rings. The first kappa shape index (κ1) is 19.1. The normalized spacial score (nSPS) is 13.4. The van der Waals surface area contributed by atoms with E-state index >= 15 is 0 Å². The van der Waals surface area contributed by atoms with Crippen LogP contribution in [0.3, 0.4) is 0 Å². The van der Waals surface area contributed by atoms with Crippen LogP contribution in [-0.2, 0) is 19.5 Å². The number of benzene rings is 2. The maximum absolute atomic E-state index is 13.4. The maximum atomic E-state index is 13.4. The highest BCUT2D eigenvalue weighted by molar-refractivity contribution is 6.01. The first-order valence-corrected chi connectivity index (χ1v) is 9.92. The van der Waals surface area contributed by atoms with Gasteiger partial charge in [0.05, 0.1) is 6.54 Å². The van der Waals surface area contributed by atoms with Gasteiger partial charge in [-0.2, -0.15) is 0 Å². The van der Waals surface area contributed by atoms with E-state index in [1.165, 1.54) is 18.6 Å². The molecule has 0 saturated carbocycles. The topological polar surface area (TPSA) is 63.1 Å². The van der Waals surface area contributed by atoms with E-state index in [2.05, 4.69) is 20.1 Å². The quantitative estimate of drug-likeness (QED) is 0.699. The number of halogens is 1. The predicted molar refractivity (Wildman–Crippen MR) is 110 cm³/mol. The Morgan fingerprint density at radius 3 is 2.76 bits per heavy atom. The van der Waals surface area contributed by atoms with Crippen molar-refractivity contribution in [3.05, 3.63) is 71.6 Å². The van der Waals surface area contributed by atoms with Gasteiger partial charge in [-0.25, -0.2) is 9.18 Å². The van der Waals surface area contributed by atoms with Crippen molar-refractivity contribution in [3.8, 4) is 0 Å². The minimum Gasteiger partial charge on any atom is -0.313 e. The lowest BCUT2D eigenvalue weighted by Crippen LogP contribution is -2.35. The summed E-state index contributed by atoms with van der Waals surface area (Å²) in [5.74, 6) is 1.37. The molecule has 4 rings (SSSR count). The summed E-state index contributed by atoms with van der Waals surface area (Å²) in [5, 5.41) is 11.6. The monoisotopic (exact) mass is 393 g/mol. The third-order valence-electron chi connectivity index (χ3n) is 5.14. The molecule has 0 atom stereocenters. The largest absolute Gasteiger partial charge is 0.326 e. The van der Waals surface area contributed by atoms with Gasteiger partial charge in [0.2, 0.25) is 0 Å². The van der Waals surface area contributed by atoms with E-state index in [1.54, 1.807) is 17.0 Å². The smallest absolute Gasteiger partial charge is 0.313 e. The Bertz CT molecular complexity index is 999. The number of nitrogens with zero attached hydrogens (tertiary/aromatic N) is 4. The summed E-state index contributed by atoms with van der Waals surface area (Å²) in [6.07, 6.45) is 4.25. The molecule has 6 nitrogen and oxygen atoms in total. The fraction of sp³-hybridized carbons (Fsp3) is 0.318. The van der Waals surface area contributed by atoms with Crippen molar-refractivity contribution in [2.75, 3.05) is 10.2 Å². The summed E-state index contributed by atoms with van der Waals surface area (Å²) < 4.78 is 15.6. The molecule has 0 spiro atoms. The molecule has 0 radical (unpaired) electrons. The minimum atomic E-state index is -0.343. The molecule has 0 aliphatic carbocycles. The van der Waals surface area contributed by atoms with Crippen LogP contribution in [0.1, 0.15) is 36.5 Å². The fourth-order valence-electron chi connectivity index (χ4n) is 3.62. The summed E-state index contributed by atoms with van der Waals surface area (Å²) in [7, 11) is 0. The second kappa shape index (κ2) is 8.43. The van der Waals surface area contributed by atoms with Crippen LogP contribution < -0.4 is 10.2 Å². The zero-order valence-corrected chi connectivity index (χ0v) is 16.4. The van der Waals surface area contributed by atoms with Crippen LogP contribution in [0.15, 0.2) is 48.5 Å². The molecule has 2 amide bonds. The van der Waals surface area contributed by atoms with E-state index in [0.29, 0.717) is 11.4 Å². The van der Waals surface area contributed by atoms with Crippen molar-refractivity contribution in [3.63, 3.8) is 0 Å². The summed E-state index contributed by atoms with van der Waals surface area (Å²) >= 11 is 0. The van der Waals surface area contributed by atoms with E-state index < -0.39 is 0 Å². The van der Waals surface area contributed by atoms with E-state index in [-0.39, 0.29) is 18.4 Å². The number of nitrogens with one attached hydrogen (secondary N) is 1. The molecule has 2 aromatic carbocycles. The predicted octanol–water partition coefficient (Wildman–Crippen LogP) is 4.69. The Morgan fingerprint density at radius 2 is 1.97 bits per heavy atom. The van der Waals surface area contributed by atoms with Crippen molar-refractivity contribution in [2.24, 2.45) is 0 Å². The molecule has 1 aliphatic heterocycles. The number of aromatic nitrogens is 3. The number of rotatable bonds is 4. The van der Waals surface area contributed by atoms with E-state index in [0.717, 1.165) is 43.0 Å². The van der Waals surface area contributed by atoms with Crippen LogP contribution in [0.25, 0.3) is 0 Å². The fourth-order valence-corrected chi connectivity index (χ4v) is 3.62. The summed E-state index contributed by atoms with van der Waals surface area (Å²) in [4.78, 5) is 14.7. The van der Waals surface area contributed by atoms with E-state index in [1.807, 2.05) is 31.2 Å². The lowest BCUT2D eigenvalue weighted by Gasteiger charge is -2.23. The number of urea groups is 1. The first-order chi connectivity index (χ1) is 14.1. The van der Waals surface area contributed by atoms with Crippen LogP contribution in [0.2, 0.25) is 0 Å². The molecule has 0 saturated heterocycles. The highest BCUT2D eigenvalue weighted by Crippen LogP contribution is 2.22. The number of hydrogen-bond acceptors (Lipinski definition) is 3. The maximum Gasteiger partial charge on any atom is 0.326 e. The molecule has 29 heavy (non-hydrogen) atoms. The molecule has 7 heteroatoms. The second-order valence-electron chi connectivity index (χ2n) is 7.36. The van der Waals surface area contributed by atoms with Gasteiger partial charge >= 0.3 is 6.03 Å². The molecule has 1 aromatic heterocycles. The van der Waals surface area contributed by atoms with Crippen molar-refractivity contribution in [1.29, 1.82) is 0 Å². The van der Waals surface area contributed by atoms with Crippen LogP contribution in [0, 0.1) is 12.7 Å². The van der Waals surface area contributed by atoms with Crippen molar-refractivity contribution in [2.45, 2.75) is 45.7 Å².